The van der Waals surface area contributed by atoms with Gasteiger partial charge in [0.2, 0.25) is 5.91 Å². The Kier molecular flexibility index (Phi) is 5.45. The molecule has 1 aliphatic rings. The SMILES string of the molecule is COC(=O)C1(NC(=O)Cc2c(C)cc(C)cc2C)CCCCC1. The topological polar surface area (TPSA) is 55.4 Å². The maximum Gasteiger partial charge on any atom is 0.331 e. The maximum absolute atomic E-state index is 12.6. The monoisotopic (exact) mass is 317 g/mol. The van der Waals surface area contributed by atoms with Gasteiger partial charge in [0.15, 0.2) is 0 Å². The third kappa shape index (κ3) is 3.92. The normalized spacial score (nSPS) is 16.7. The number of carbonyl (C=O) groups excluding carboxylic acids is 2. The van der Waals surface area contributed by atoms with Crippen molar-refractivity contribution in [2.24, 2.45) is 0 Å². The van der Waals surface area contributed by atoms with E-state index in [-0.39, 0.29) is 11.9 Å². The lowest BCUT2D eigenvalue weighted by atomic mass is 9.81. The molecular weight excluding hydrogens is 290 g/mol. The van der Waals surface area contributed by atoms with Gasteiger partial charge in [0.05, 0.1) is 13.5 Å². The zero-order valence-corrected chi connectivity index (χ0v) is 14.6. The van der Waals surface area contributed by atoms with Gasteiger partial charge in [-0.05, 0) is 50.3 Å². The van der Waals surface area contributed by atoms with Gasteiger partial charge in [0, 0.05) is 0 Å². The number of amides is 1. The van der Waals surface area contributed by atoms with Crippen LogP contribution in [-0.4, -0.2) is 24.5 Å². The molecule has 1 fully saturated rings. The van der Waals surface area contributed by atoms with Crippen molar-refractivity contribution in [3.63, 3.8) is 0 Å². The summed E-state index contributed by atoms with van der Waals surface area (Å²) in [6.07, 6.45) is 4.62. The van der Waals surface area contributed by atoms with E-state index in [9.17, 15) is 9.59 Å². The van der Waals surface area contributed by atoms with Crippen molar-refractivity contribution in [1.29, 1.82) is 0 Å². The molecule has 4 heteroatoms. The van der Waals surface area contributed by atoms with Gasteiger partial charge < -0.3 is 10.1 Å². The van der Waals surface area contributed by atoms with Crippen molar-refractivity contribution in [3.8, 4) is 0 Å². The zero-order chi connectivity index (χ0) is 17.0. The van der Waals surface area contributed by atoms with E-state index >= 15 is 0 Å². The molecule has 4 nitrogen and oxygen atoms in total. The summed E-state index contributed by atoms with van der Waals surface area (Å²) in [4.78, 5) is 24.8. The molecule has 23 heavy (non-hydrogen) atoms. The Labute approximate surface area is 138 Å². The fraction of sp³-hybridized carbons (Fsp3) is 0.579. The highest BCUT2D eigenvalue weighted by atomic mass is 16.5. The summed E-state index contributed by atoms with van der Waals surface area (Å²) in [5.74, 6) is -0.421. The average molecular weight is 317 g/mol. The molecule has 1 aromatic rings. The van der Waals surface area contributed by atoms with Crippen LogP contribution in [0, 0.1) is 20.8 Å². The van der Waals surface area contributed by atoms with Gasteiger partial charge in [-0.25, -0.2) is 4.79 Å². The lowest BCUT2D eigenvalue weighted by Gasteiger charge is -2.35. The summed E-state index contributed by atoms with van der Waals surface area (Å²) in [7, 11) is 1.39. The van der Waals surface area contributed by atoms with Crippen LogP contribution < -0.4 is 5.32 Å². The molecule has 0 spiro atoms. The van der Waals surface area contributed by atoms with E-state index in [1.807, 2.05) is 13.8 Å². The van der Waals surface area contributed by atoms with E-state index in [2.05, 4.69) is 24.4 Å². The third-order valence-electron chi connectivity index (χ3n) is 4.84. The van der Waals surface area contributed by atoms with Crippen molar-refractivity contribution < 1.29 is 14.3 Å². The van der Waals surface area contributed by atoms with Gasteiger partial charge >= 0.3 is 5.97 Å². The van der Waals surface area contributed by atoms with Crippen LogP contribution >= 0.6 is 0 Å². The number of nitrogens with one attached hydrogen (secondary N) is 1. The standard InChI is InChI=1S/C19H27NO3/c1-13-10-14(2)16(15(3)11-13)12-17(21)20-19(18(22)23-4)8-6-5-7-9-19/h10-11H,5-9,12H2,1-4H3,(H,20,21). The summed E-state index contributed by atoms with van der Waals surface area (Å²) in [6.45, 7) is 6.11. The fourth-order valence-corrected chi connectivity index (χ4v) is 3.69. The Hall–Kier alpha value is -1.84. The number of rotatable bonds is 4. The maximum atomic E-state index is 12.6. The first-order valence-electron chi connectivity index (χ1n) is 8.34. The minimum absolute atomic E-state index is 0.104. The van der Waals surface area contributed by atoms with Crippen molar-refractivity contribution in [2.45, 2.75) is 64.8 Å². The second-order valence-electron chi connectivity index (χ2n) is 6.74. The molecule has 0 unspecified atom stereocenters. The largest absolute Gasteiger partial charge is 0.467 e. The highest BCUT2D eigenvalue weighted by Crippen LogP contribution is 2.29. The van der Waals surface area contributed by atoms with Gasteiger partial charge in [0.1, 0.15) is 5.54 Å². The molecule has 1 saturated carbocycles. The van der Waals surface area contributed by atoms with E-state index in [0.29, 0.717) is 19.3 Å². The molecule has 1 amide bonds. The van der Waals surface area contributed by atoms with Gasteiger partial charge in [-0.2, -0.15) is 0 Å². The molecule has 0 aromatic heterocycles. The van der Waals surface area contributed by atoms with Crippen molar-refractivity contribution in [3.05, 3.63) is 34.4 Å². The van der Waals surface area contributed by atoms with Crippen LogP contribution in [0.2, 0.25) is 0 Å². The first-order chi connectivity index (χ1) is 10.9. The minimum atomic E-state index is -0.837. The summed E-state index contributed by atoms with van der Waals surface area (Å²) in [5.41, 5.74) is 3.64. The summed E-state index contributed by atoms with van der Waals surface area (Å²) in [5, 5.41) is 2.99. The number of esters is 1. The molecule has 0 heterocycles. The number of hydrogen-bond acceptors (Lipinski definition) is 3. The van der Waals surface area contributed by atoms with E-state index < -0.39 is 5.54 Å². The van der Waals surface area contributed by atoms with E-state index in [1.165, 1.54) is 12.7 Å². The molecule has 1 aliphatic carbocycles. The molecule has 1 aromatic carbocycles. The Morgan fingerprint density at radius 1 is 1.09 bits per heavy atom. The fourth-order valence-electron chi connectivity index (χ4n) is 3.69. The smallest absolute Gasteiger partial charge is 0.331 e. The van der Waals surface area contributed by atoms with Gasteiger partial charge in [-0.3, -0.25) is 4.79 Å². The minimum Gasteiger partial charge on any atom is -0.467 e. The van der Waals surface area contributed by atoms with E-state index in [1.54, 1.807) is 0 Å². The summed E-state index contributed by atoms with van der Waals surface area (Å²) in [6, 6.07) is 4.18. The van der Waals surface area contributed by atoms with Crippen LogP contribution in [0.1, 0.15) is 54.4 Å². The lowest BCUT2D eigenvalue weighted by molar-refractivity contribution is -0.152. The number of hydrogen-bond donors (Lipinski definition) is 1. The number of benzene rings is 1. The van der Waals surface area contributed by atoms with Crippen LogP contribution in [0.3, 0.4) is 0 Å². The lowest BCUT2D eigenvalue weighted by Crippen LogP contribution is -2.56. The van der Waals surface area contributed by atoms with E-state index in [0.717, 1.165) is 36.0 Å². The Morgan fingerprint density at radius 3 is 2.17 bits per heavy atom. The second-order valence-corrected chi connectivity index (χ2v) is 6.74. The second kappa shape index (κ2) is 7.16. The number of aryl methyl sites for hydroxylation is 3. The molecule has 1 N–H and O–H groups in total. The molecule has 0 saturated heterocycles. The van der Waals surface area contributed by atoms with E-state index in [4.69, 9.17) is 4.74 Å². The molecule has 0 atom stereocenters. The number of carbonyl (C=O) groups is 2. The van der Waals surface area contributed by atoms with Crippen molar-refractivity contribution >= 4 is 11.9 Å². The predicted molar refractivity (Wildman–Crippen MR) is 90.3 cm³/mol. The van der Waals surface area contributed by atoms with Crippen LogP contribution in [0.5, 0.6) is 0 Å². The Balaban J connectivity index is 2.15. The van der Waals surface area contributed by atoms with Gasteiger partial charge in [-0.15, -0.1) is 0 Å². The number of ether oxygens (including phenoxy) is 1. The van der Waals surface area contributed by atoms with Gasteiger partial charge in [0.25, 0.3) is 0 Å². The molecule has 0 bridgehead atoms. The molecular formula is C19H27NO3. The highest BCUT2D eigenvalue weighted by Gasteiger charge is 2.41. The number of methoxy groups -OCH3 is 1. The Bertz CT molecular complexity index is 578. The predicted octanol–water partition coefficient (Wildman–Crippen LogP) is 3.15. The van der Waals surface area contributed by atoms with Gasteiger partial charge in [-0.1, -0.05) is 37.0 Å². The quantitative estimate of drug-likeness (QED) is 0.868. The van der Waals surface area contributed by atoms with Crippen molar-refractivity contribution in [1.82, 2.24) is 5.32 Å². The summed E-state index contributed by atoms with van der Waals surface area (Å²) >= 11 is 0. The van der Waals surface area contributed by atoms with Crippen LogP contribution in [-0.2, 0) is 20.7 Å². The first kappa shape index (κ1) is 17.5. The molecule has 0 radical (unpaired) electrons. The third-order valence-corrected chi connectivity index (χ3v) is 4.84. The average Bonchev–Trinajstić information content (AvgIpc) is 2.51. The van der Waals surface area contributed by atoms with Crippen LogP contribution in [0.25, 0.3) is 0 Å². The van der Waals surface area contributed by atoms with Crippen molar-refractivity contribution in [2.75, 3.05) is 7.11 Å². The summed E-state index contributed by atoms with van der Waals surface area (Å²) < 4.78 is 4.95. The Morgan fingerprint density at radius 2 is 1.65 bits per heavy atom. The molecule has 0 aliphatic heterocycles. The van der Waals surface area contributed by atoms with Crippen LogP contribution in [0.15, 0.2) is 12.1 Å². The first-order valence-corrected chi connectivity index (χ1v) is 8.34. The molecule has 126 valence electrons. The molecule has 2 rings (SSSR count). The highest BCUT2D eigenvalue weighted by molar-refractivity contribution is 5.89. The van der Waals surface area contributed by atoms with Crippen LogP contribution in [0.4, 0.5) is 0 Å². The zero-order valence-electron chi connectivity index (χ0n) is 14.6.